The normalized spacial score (nSPS) is 20.7. The molecule has 1 unspecified atom stereocenters. The number of halogens is 5. The Hall–Kier alpha value is -1.12. The number of nitrogens with one attached hydrogen (secondary N) is 1. The highest BCUT2D eigenvalue weighted by Gasteiger charge is 2.51. The molecule has 1 aromatic rings. The van der Waals surface area contributed by atoms with Gasteiger partial charge in [-0.1, -0.05) is 34.8 Å². The van der Waals surface area contributed by atoms with Gasteiger partial charge in [-0.05, 0) is 37.1 Å². The molecule has 1 heterocycles. The minimum Gasteiger partial charge on any atom is -0.317 e. The van der Waals surface area contributed by atoms with Gasteiger partial charge in [0.25, 0.3) is 12.3 Å². The highest BCUT2D eigenvalue weighted by Crippen LogP contribution is 2.32. The second-order valence-electron chi connectivity index (χ2n) is 5.92. The molecule has 1 aliphatic heterocycles. The van der Waals surface area contributed by atoms with Crippen molar-refractivity contribution in [1.82, 2.24) is 15.5 Å². The maximum Gasteiger partial charge on any atom is 0.278 e. The molecule has 5 nitrogen and oxygen atoms in total. The van der Waals surface area contributed by atoms with Crippen LogP contribution in [0.4, 0.5) is 8.78 Å². The van der Waals surface area contributed by atoms with E-state index in [0.717, 1.165) is 11.1 Å². The summed E-state index contributed by atoms with van der Waals surface area (Å²) in [7, 11) is 2.75. The van der Waals surface area contributed by atoms with Crippen LogP contribution in [-0.4, -0.2) is 48.1 Å². The number of alkyl halides is 2. The van der Waals surface area contributed by atoms with Gasteiger partial charge in [0.15, 0.2) is 5.54 Å². The Bertz CT molecular complexity index is 697. The summed E-state index contributed by atoms with van der Waals surface area (Å²) in [6, 6.07) is 2.42. The van der Waals surface area contributed by atoms with Crippen molar-refractivity contribution < 1.29 is 18.4 Å². The predicted octanol–water partition coefficient (Wildman–Crippen LogP) is 3.94. The Balaban J connectivity index is 2.27. The van der Waals surface area contributed by atoms with Crippen molar-refractivity contribution in [2.45, 2.75) is 31.4 Å². The minimum absolute atomic E-state index is 0.188. The molecule has 26 heavy (non-hydrogen) atoms. The van der Waals surface area contributed by atoms with Gasteiger partial charge in [-0.15, -0.1) is 0 Å². The standard InChI is InChI=1S/C16H18Cl3F2N3O2/c1-9(6-11-12(18)7-10(17)8-13(11)19)24(26-3)15(25)16(14(20)21)4-5-23(2)22-16/h4-5,7-9,14,22H,6H2,1-3H3/t9-,16?/m0/s1. The van der Waals surface area contributed by atoms with E-state index < -0.39 is 23.9 Å². The lowest BCUT2D eigenvalue weighted by molar-refractivity contribution is -0.198. The smallest absolute Gasteiger partial charge is 0.278 e. The second kappa shape index (κ2) is 8.27. The number of carbonyl (C=O) groups is 1. The molecule has 2 rings (SSSR count). The van der Waals surface area contributed by atoms with Crippen LogP contribution in [0.5, 0.6) is 0 Å². The van der Waals surface area contributed by atoms with Crippen LogP contribution in [0.25, 0.3) is 0 Å². The van der Waals surface area contributed by atoms with Gasteiger partial charge in [-0.3, -0.25) is 9.63 Å². The van der Waals surface area contributed by atoms with E-state index in [0.29, 0.717) is 20.6 Å². The van der Waals surface area contributed by atoms with E-state index in [1.165, 1.54) is 37.5 Å². The molecule has 1 amide bonds. The number of hydroxylamine groups is 2. The summed E-state index contributed by atoms with van der Waals surface area (Å²) >= 11 is 18.2. The summed E-state index contributed by atoms with van der Waals surface area (Å²) in [5.41, 5.74) is 0.800. The van der Waals surface area contributed by atoms with Crippen LogP contribution in [0.1, 0.15) is 12.5 Å². The maximum atomic E-state index is 13.7. The summed E-state index contributed by atoms with van der Waals surface area (Å²) in [6.07, 6.45) is -0.326. The molecule has 0 saturated carbocycles. The van der Waals surface area contributed by atoms with Crippen LogP contribution in [0.2, 0.25) is 15.1 Å². The topological polar surface area (TPSA) is 44.8 Å². The summed E-state index contributed by atoms with van der Waals surface area (Å²) < 4.78 is 27.4. The lowest BCUT2D eigenvalue weighted by atomic mass is 9.99. The van der Waals surface area contributed by atoms with Gasteiger partial charge in [0.05, 0.1) is 13.2 Å². The molecule has 0 bridgehead atoms. The van der Waals surface area contributed by atoms with Crippen LogP contribution in [-0.2, 0) is 16.1 Å². The van der Waals surface area contributed by atoms with Crippen molar-refractivity contribution >= 4 is 40.7 Å². The quantitative estimate of drug-likeness (QED) is 0.697. The lowest BCUT2D eigenvalue weighted by Crippen LogP contribution is -2.62. The second-order valence-corrected chi connectivity index (χ2v) is 7.17. The Morgan fingerprint density at radius 1 is 1.35 bits per heavy atom. The molecule has 0 fully saturated rings. The number of benzene rings is 1. The van der Waals surface area contributed by atoms with Gasteiger partial charge in [-0.25, -0.2) is 19.3 Å². The van der Waals surface area contributed by atoms with E-state index in [1.807, 2.05) is 0 Å². The zero-order valence-corrected chi connectivity index (χ0v) is 16.5. The number of carbonyl (C=O) groups excluding carboxylic acids is 1. The van der Waals surface area contributed by atoms with Crippen molar-refractivity contribution in [2.75, 3.05) is 14.2 Å². The van der Waals surface area contributed by atoms with Crippen molar-refractivity contribution in [3.63, 3.8) is 0 Å². The molecule has 0 spiro atoms. The van der Waals surface area contributed by atoms with Gasteiger partial charge < -0.3 is 5.01 Å². The number of rotatable bonds is 6. The average molecular weight is 429 g/mol. The lowest BCUT2D eigenvalue weighted by Gasteiger charge is -2.35. The molecular weight excluding hydrogens is 411 g/mol. The molecule has 0 radical (unpaired) electrons. The van der Waals surface area contributed by atoms with E-state index in [2.05, 4.69) is 5.43 Å². The zero-order valence-electron chi connectivity index (χ0n) is 14.3. The predicted molar refractivity (Wildman–Crippen MR) is 97.3 cm³/mol. The van der Waals surface area contributed by atoms with E-state index >= 15 is 0 Å². The van der Waals surface area contributed by atoms with Crippen LogP contribution in [0.15, 0.2) is 24.4 Å². The first-order chi connectivity index (χ1) is 12.1. The summed E-state index contributed by atoms with van der Waals surface area (Å²) in [4.78, 5) is 18.0. The Morgan fingerprint density at radius 3 is 2.35 bits per heavy atom. The van der Waals surface area contributed by atoms with Gasteiger partial charge >= 0.3 is 0 Å². The number of hydrogen-bond donors (Lipinski definition) is 1. The Morgan fingerprint density at radius 2 is 1.92 bits per heavy atom. The molecule has 0 aromatic heterocycles. The Kier molecular flexibility index (Phi) is 6.74. The van der Waals surface area contributed by atoms with Crippen molar-refractivity contribution in [3.8, 4) is 0 Å². The third-order valence-corrected chi connectivity index (χ3v) is 4.92. The SMILES string of the molecule is CON(C(=O)C1(C(F)F)C=CN(C)N1)[C@@H](C)Cc1c(Cl)cc(Cl)cc1Cl. The number of nitrogens with zero attached hydrogens (tertiary/aromatic N) is 2. The molecule has 2 atom stereocenters. The summed E-state index contributed by atoms with van der Waals surface area (Å²) in [6.45, 7) is 1.64. The van der Waals surface area contributed by atoms with Crippen LogP contribution in [0.3, 0.4) is 0 Å². The Labute approximate surface area is 165 Å². The van der Waals surface area contributed by atoms with Crippen molar-refractivity contribution in [3.05, 3.63) is 45.0 Å². The third-order valence-electron chi connectivity index (χ3n) is 4.02. The largest absolute Gasteiger partial charge is 0.317 e. The fraction of sp³-hybridized carbons (Fsp3) is 0.438. The van der Waals surface area contributed by atoms with Gasteiger partial charge in [-0.2, -0.15) is 0 Å². The fourth-order valence-electron chi connectivity index (χ4n) is 2.72. The van der Waals surface area contributed by atoms with E-state index in [9.17, 15) is 13.6 Å². The highest BCUT2D eigenvalue weighted by atomic mass is 35.5. The van der Waals surface area contributed by atoms with Crippen LogP contribution < -0.4 is 5.43 Å². The molecular formula is C16H18Cl3F2N3O2. The van der Waals surface area contributed by atoms with E-state index in [1.54, 1.807) is 6.92 Å². The third kappa shape index (κ3) is 4.07. The van der Waals surface area contributed by atoms with Crippen molar-refractivity contribution in [1.29, 1.82) is 0 Å². The highest BCUT2D eigenvalue weighted by molar-refractivity contribution is 6.39. The number of hydrazine groups is 1. The summed E-state index contributed by atoms with van der Waals surface area (Å²) in [5, 5.41) is 3.19. The molecule has 10 heteroatoms. The number of amides is 1. The molecule has 0 aliphatic carbocycles. The molecule has 1 aliphatic rings. The maximum absolute atomic E-state index is 13.7. The van der Waals surface area contributed by atoms with Gasteiger partial charge in [0, 0.05) is 28.3 Å². The molecule has 1 aromatic carbocycles. The van der Waals surface area contributed by atoms with Crippen LogP contribution >= 0.6 is 34.8 Å². The molecule has 1 N–H and O–H groups in total. The van der Waals surface area contributed by atoms with Gasteiger partial charge in [0.2, 0.25) is 0 Å². The van der Waals surface area contributed by atoms with Crippen LogP contribution in [0, 0.1) is 0 Å². The van der Waals surface area contributed by atoms with E-state index in [-0.39, 0.29) is 6.42 Å². The van der Waals surface area contributed by atoms with Crippen molar-refractivity contribution in [2.24, 2.45) is 0 Å². The molecule has 144 valence electrons. The monoisotopic (exact) mass is 427 g/mol. The fourth-order valence-corrected chi connectivity index (χ4v) is 3.69. The average Bonchev–Trinajstić information content (AvgIpc) is 2.95. The molecule has 0 saturated heterocycles. The first-order valence-corrected chi connectivity index (χ1v) is 8.75. The first kappa shape index (κ1) is 21.2. The minimum atomic E-state index is -2.98. The summed E-state index contributed by atoms with van der Waals surface area (Å²) in [5.74, 6) is -0.927. The zero-order chi connectivity index (χ0) is 19.6. The van der Waals surface area contributed by atoms with Gasteiger partial charge in [0.1, 0.15) is 0 Å². The van der Waals surface area contributed by atoms with E-state index in [4.69, 9.17) is 39.6 Å². The first-order valence-electron chi connectivity index (χ1n) is 7.61. The number of hydrogen-bond acceptors (Lipinski definition) is 4.